The van der Waals surface area contributed by atoms with Gasteiger partial charge in [0.25, 0.3) is 0 Å². The standard InChI is InChI=1S/C55H103NO5/c1-3-5-7-9-11-13-15-16-17-22-25-29-33-37-41-45-49-55(60)61-50-46-42-38-34-30-26-23-20-18-19-21-24-28-32-36-40-44-48-54(59)56-52(51-57)53(58)47-43-39-35-31-27-14-12-10-8-6-4-2/h18,20,26,30,43,47,52-53,57-58H,3-17,19,21-25,27-29,31-42,44-46,48-51H2,1-2H3,(H,56,59)/b20-18-,30-26-,47-43+. The molecular weight excluding hydrogens is 755 g/mol. The lowest BCUT2D eigenvalue weighted by molar-refractivity contribution is -0.143. The molecule has 0 aromatic heterocycles. The maximum absolute atomic E-state index is 12.4. The highest BCUT2D eigenvalue weighted by atomic mass is 16.5. The molecule has 0 fully saturated rings. The number of rotatable bonds is 49. The molecule has 2 unspecified atom stereocenters. The van der Waals surface area contributed by atoms with Crippen LogP contribution in [0.15, 0.2) is 36.5 Å². The molecule has 358 valence electrons. The molecule has 6 nitrogen and oxygen atoms in total. The van der Waals surface area contributed by atoms with Crippen LogP contribution in [0.25, 0.3) is 0 Å². The molecular formula is C55H103NO5. The zero-order valence-electron chi connectivity index (χ0n) is 40.6. The van der Waals surface area contributed by atoms with Crippen molar-refractivity contribution in [3.63, 3.8) is 0 Å². The quantitative estimate of drug-likeness (QED) is 0.0322. The van der Waals surface area contributed by atoms with Crippen LogP contribution in [-0.4, -0.2) is 47.4 Å². The molecule has 0 aliphatic heterocycles. The Morgan fingerprint density at radius 3 is 1.25 bits per heavy atom. The molecule has 1 amide bonds. The normalized spacial score (nSPS) is 12.9. The number of carbonyl (C=O) groups excluding carboxylic acids is 2. The first-order valence-corrected chi connectivity index (χ1v) is 26.8. The van der Waals surface area contributed by atoms with E-state index in [-0.39, 0.29) is 18.5 Å². The number of hydrogen-bond acceptors (Lipinski definition) is 5. The minimum atomic E-state index is -0.853. The largest absolute Gasteiger partial charge is 0.466 e. The average Bonchev–Trinajstić information content (AvgIpc) is 3.26. The summed E-state index contributed by atoms with van der Waals surface area (Å²) < 4.78 is 5.45. The molecule has 0 saturated carbocycles. The summed E-state index contributed by atoms with van der Waals surface area (Å²) in [5, 5.41) is 23.0. The summed E-state index contributed by atoms with van der Waals surface area (Å²) in [5.41, 5.74) is 0. The van der Waals surface area contributed by atoms with Crippen LogP contribution in [0.4, 0.5) is 0 Å². The second-order valence-electron chi connectivity index (χ2n) is 18.2. The minimum Gasteiger partial charge on any atom is -0.466 e. The van der Waals surface area contributed by atoms with Gasteiger partial charge in [-0.15, -0.1) is 0 Å². The first kappa shape index (κ1) is 59.1. The van der Waals surface area contributed by atoms with Crippen LogP contribution in [-0.2, 0) is 14.3 Å². The molecule has 6 heteroatoms. The average molecular weight is 858 g/mol. The summed E-state index contributed by atoms with van der Waals surface area (Å²) in [6.07, 6.45) is 61.6. The number of aliphatic hydroxyl groups is 2. The fourth-order valence-corrected chi connectivity index (χ4v) is 8.02. The highest BCUT2D eigenvalue weighted by Gasteiger charge is 2.18. The van der Waals surface area contributed by atoms with E-state index in [0.29, 0.717) is 19.4 Å². The van der Waals surface area contributed by atoms with Crippen molar-refractivity contribution in [3.05, 3.63) is 36.5 Å². The second-order valence-corrected chi connectivity index (χ2v) is 18.2. The third kappa shape index (κ3) is 47.4. The van der Waals surface area contributed by atoms with Gasteiger partial charge >= 0.3 is 5.97 Å². The molecule has 0 aliphatic carbocycles. The van der Waals surface area contributed by atoms with Gasteiger partial charge in [-0.3, -0.25) is 9.59 Å². The Balaban J connectivity index is 3.50. The van der Waals surface area contributed by atoms with Crippen molar-refractivity contribution in [2.75, 3.05) is 13.2 Å². The van der Waals surface area contributed by atoms with Crippen LogP contribution in [0.1, 0.15) is 277 Å². The zero-order chi connectivity index (χ0) is 44.4. The maximum Gasteiger partial charge on any atom is 0.305 e. The number of ether oxygens (including phenoxy) is 1. The van der Waals surface area contributed by atoms with Crippen LogP contribution in [0.3, 0.4) is 0 Å². The number of amides is 1. The number of hydrogen-bond donors (Lipinski definition) is 3. The number of esters is 1. The van der Waals surface area contributed by atoms with E-state index in [1.807, 2.05) is 6.08 Å². The number of allylic oxidation sites excluding steroid dienone is 5. The SMILES string of the molecule is CCCCCCCCCCC/C=C/C(O)C(CO)NC(=O)CCCCCCCCC/C=C\C/C=C\CCCCCOC(=O)CCCCCCCCCCCCCCCCCC. The molecule has 0 rings (SSSR count). The minimum absolute atomic E-state index is 0.0136. The van der Waals surface area contributed by atoms with Crippen LogP contribution < -0.4 is 5.32 Å². The van der Waals surface area contributed by atoms with E-state index in [2.05, 4.69) is 43.5 Å². The highest BCUT2D eigenvalue weighted by Crippen LogP contribution is 2.16. The van der Waals surface area contributed by atoms with Crippen molar-refractivity contribution >= 4 is 11.9 Å². The van der Waals surface area contributed by atoms with Crippen LogP contribution >= 0.6 is 0 Å². The van der Waals surface area contributed by atoms with Crippen molar-refractivity contribution in [1.82, 2.24) is 5.32 Å². The van der Waals surface area contributed by atoms with E-state index in [9.17, 15) is 19.8 Å². The molecule has 0 spiro atoms. The van der Waals surface area contributed by atoms with E-state index in [0.717, 1.165) is 83.5 Å². The second kappa shape index (κ2) is 50.7. The van der Waals surface area contributed by atoms with Crippen LogP contribution in [0.2, 0.25) is 0 Å². The Bertz CT molecular complexity index is 993. The van der Waals surface area contributed by atoms with Gasteiger partial charge in [-0.2, -0.15) is 0 Å². The van der Waals surface area contributed by atoms with Crippen molar-refractivity contribution in [3.8, 4) is 0 Å². The van der Waals surface area contributed by atoms with Gasteiger partial charge in [0.05, 0.1) is 25.4 Å². The molecule has 0 aromatic rings. The van der Waals surface area contributed by atoms with Gasteiger partial charge in [0, 0.05) is 12.8 Å². The van der Waals surface area contributed by atoms with Crippen LogP contribution in [0.5, 0.6) is 0 Å². The lowest BCUT2D eigenvalue weighted by atomic mass is 10.0. The Hall–Kier alpha value is -1.92. The van der Waals surface area contributed by atoms with Crippen molar-refractivity contribution < 1.29 is 24.5 Å². The monoisotopic (exact) mass is 858 g/mol. The van der Waals surface area contributed by atoms with Gasteiger partial charge in [-0.05, 0) is 70.6 Å². The third-order valence-electron chi connectivity index (χ3n) is 12.2. The number of aliphatic hydroxyl groups excluding tert-OH is 2. The summed E-state index contributed by atoms with van der Waals surface area (Å²) >= 11 is 0. The smallest absolute Gasteiger partial charge is 0.305 e. The Morgan fingerprint density at radius 2 is 0.820 bits per heavy atom. The predicted molar refractivity (Wildman–Crippen MR) is 264 cm³/mol. The number of nitrogens with one attached hydrogen (secondary N) is 1. The Labute approximate surface area is 379 Å². The van der Waals surface area contributed by atoms with E-state index < -0.39 is 12.1 Å². The molecule has 0 saturated heterocycles. The van der Waals surface area contributed by atoms with Gasteiger partial charge < -0.3 is 20.3 Å². The van der Waals surface area contributed by atoms with Gasteiger partial charge in [0.2, 0.25) is 5.91 Å². The molecule has 3 N–H and O–H groups in total. The Morgan fingerprint density at radius 1 is 0.459 bits per heavy atom. The summed E-state index contributed by atoms with van der Waals surface area (Å²) in [4.78, 5) is 24.4. The summed E-state index contributed by atoms with van der Waals surface area (Å²) in [6, 6.07) is -0.638. The summed E-state index contributed by atoms with van der Waals surface area (Å²) in [5.74, 6) is -0.0995. The fraction of sp³-hybridized carbons (Fsp3) is 0.855. The predicted octanol–water partition coefficient (Wildman–Crippen LogP) is 16.1. The van der Waals surface area contributed by atoms with Crippen molar-refractivity contribution in [2.24, 2.45) is 0 Å². The third-order valence-corrected chi connectivity index (χ3v) is 12.2. The van der Waals surface area contributed by atoms with Gasteiger partial charge in [-0.25, -0.2) is 0 Å². The van der Waals surface area contributed by atoms with E-state index in [1.165, 1.54) is 167 Å². The maximum atomic E-state index is 12.4. The fourth-order valence-electron chi connectivity index (χ4n) is 8.02. The number of carbonyl (C=O) groups is 2. The Kier molecular flexibility index (Phi) is 49.1. The molecule has 2 atom stereocenters. The topological polar surface area (TPSA) is 95.9 Å². The van der Waals surface area contributed by atoms with E-state index in [1.54, 1.807) is 6.08 Å². The molecule has 61 heavy (non-hydrogen) atoms. The summed E-state index contributed by atoms with van der Waals surface area (Å²) in [7, 11) is 0. The van der Waals surface area contributed by atoms with Crippen molar-refractivity contribution in [1.29, 1.82) is 0 Å². The van der Waals surface area contributed by atoms with E-state index in [4.69, 9.17) is 4.74 Å². The molecule has 0 aromatic carbocycles. The number of unbranched alkanes of at least 4 members (excludes halogenated alkanes) is 34. The lowest BCUT2D eigenvalue weighted by Crippen LogP contribution is -2.45. The molecule has 0 radical (unpaired) electrons. The van der Waals surface area contributed by atoms with E-state index >= 15 is 0 Å². The lowest BCUT2D eigenvalue weighted by Gasteiger charge is -2.20. The van der Waals surface area contributed by atoms with Gasteiger partial charge in [0.15, 0.2) is 0 Å². The molecule has 0 heterocycles. The molecule has 0 aliphatic rings. The zero-order valence-corrected chi connectivity index (χ0v) is 40.6. The van der Waals surface area contributed by atoms with Gasteiger partial charge in [0.1, 0.15) is 0 Å². The first-order chi connectivity index (χ1) is 30.0. The van der Waals surface area contributed by atoms with Crippen LogP contribution in [0, 0.1) is 0 Å². The highest BCUT2D eigenvalue weighted by molar-refractivity contribution is 5.76. The van der Waals surface area contributed by atoms with Crippen molar-refractivity contribution in [2.45, 2.75) is 289 Å². The summed E-state index contributed by atoms with van der Waals surface area (Å²) in [6.45, 7) is 4.85. The first-order valence-electron chi connectivity index (χ1n) is 26.8. The molecule has 0 bridgehead atoms. The van der Waals surface area contributed by atoms with Gasteiger partial charge in [-0.1, -0.05) is 230 Å².